The fraction of sp³-hybridized carbons (Fsp3) is 0.471. The quantitative estimate of drug-likeness (QED) is 0.773. The third kappa shape index (κ3) is 6.68. The number of carboxylic acids is 1. The maximum absolute atomic E-state index is 11.8. The molecule has 2 N–H and O–H groups in total. The Balaban J connectivity index is 2.82. The molecular formula is C17H23NO6. The van der Waals surface area contributed by atoms with Crippen molar-refractivity contribution >= 4 is 18.0 Å². The summed E-state index contributed by atoms with van der Waals surface area (Å²) >= 11 is 0. The molecular weight excluding hydrogens is 314 g/mol. The topological polar surface area (TPSA) is 102 Å². The van der Waals surface area contributed by atoms with E-state index in [0.29, 0.717) is 11.1 Å². The molecule has 0 aliphatic rings. The molecule has 1 amide bonds. The first-order valence-electron chi connectivity index (χ1n) is 7.60. The lowest BCUT2D eigenvalue weighted by molar-refractivity contribution is -0.139. The molecule has 0 aliphatic carbocycles. The molecule has 7 heteroatoms. The number of alkyl carbamates (subject to hydrolysis) is 1. The zero-order valence-electron chi connectivity index (χ0n) is 14.3. The second-order valence-corrected chi connectivity index (χ2v) is 6.16. The summed E-state index contributed by atoms with van der Waals surface area (Å²) in [5.41, 5.74) is 0.191. The van der Waals surface area contributed by atoms with Crippen molar-refractivity contribution in [1.29, 1.82) is 0 Å². The number of carboxylic acid groups (broad SMARTS) is 1. The SMILES string of the molecule is CCOC(=O)c1cccc(CC(NC(=O)OC(C)(C)C)C(=O)O)c1. The van der Waals surface area contributed by atoms with Crippen molar-refractivity contribution in [3.63, 3.8) is 0 Å². The van der Waals surface area contributed by atoms with E-state index in [1.165, 1.54) is 0 Å². The molecule has 0 aromatic heterocycles. The van der Waals surface area contributed by atoms with Crippen molar-refractivity contribution in [1.82, 2.24) is 5.32 Å². The summed E-state index contributed by atoms with van der Waals surface area (Å²) in [4.78, 5) is 34.8. The number of hydrogen-bond acceptors (Lipinski definition) is 5. The lowest BCUT2D eigenvalue weighted by Gasteiger charge is -2.22. The van der Waals surface area contributed by atoms with Crippen molar-refractivity contribution in [3.05, 3.63) is 35.4 Å². The van der Waals surface area contributed by atoms with Gasteiger partial charge in [0.25, 0.3) is 0 Å². The van der Waals surface area contributed by atoms with Crippen LogP contribution < -0.4 is 5.32 Å². The minimum absolute atomic E-state index is 0.0157. The van der Waals surface area contributed by atoms with Crippen LogP contribution in [0.2, 0.25) is 0 Å². The van der Waals surface area contributed by atoms with Gasteiger partial charge in [-0.3, -0.25) is 0 Å². The summed E-state index contributed by atoms with van der Waals surface area (Å²) in [5.74, 6) is -1.67. The van der Waals surface area contributed by atoms with Crippen LogP contribution in [0.3, 0.4) is 0 Å². The molecule has 1 aromatic rings. The number of rotatable bonds is 6. The van der Waals surface area contributed by atoms with Crippen LogP contribution in [0.1, 0.15) is 43.6 Å². The van der Waals surface area contributed by atoms with E-state index in [-0.39, 0.29) is 13.0 Å². The third-order valence-corrected chi connectivity index (χ3v) is 2.87. The van der Waals surface area contributed by atoms with Crippen molar-refractivity contribution in [2.45, 2.75) is 45.8 Å². The van der Waals surface area contributed by atoms with E-state index in [4.69, 9.17) is 9.47 Å². The number of esters is 1. The number of amides is 1. The average molecular weight is 337 g/mol. The zero-order chi connectivity index (χ0) is 18.3. The molecule has 1 atom stereocenters. The van der Waals surface area contributed by atoms with Crippen LogP contribution in [0.5, 0.6) is 0 Å². The van der Waals surface area contributed by atoms with E-state index in [0.717, 1.165) is 0 Å². The van der Waals surface area contributed by atoms with Gasteiger partial charge >= 0.3 is 18.0 Å². The lowest BCUT2D eigenvalue weighted by Crippen LogP contribution is -2.44. The van der Waals surface area contributed by atoms with Crippen LogP contribution in [0, 0.1) is 0 Å². The molecule has 0 heterocycles. The van der Waals surface area contributed by atoms with Gasteiger partial charge in [0.2, 0.25) is 0 Å². The molecule has 0 radical (unpaired) electrons. The fourth-order valence-electron chi connectivity index (χ4n) is 1.93. The molecule has 0 aliphatic heterocycles. The van der Waals surface area contributed by atoms with Gasteiger partial charge in [-0.15, -0.1) is 0 Å². The molecule has 0 spiro atoms. The smallest absolute Gasteiger partial charge is 0.408 e. The van der Waals surface area contributed by atoms with Gasteiger partial charge in [-0.25, -0.2) is 14.4 Å². The van der Waals surface area contributed by atoms with Gasteiger partial charge < -0.3 is 19.9 Å². The minimum Gasteiger partial charge on any atom is -0.480 e. The van der Waals surface area contributed by atoms with E-state index >= 15 is 0 Å². The monoisotopic (exact) mass is 337 g/mol. The molecule has 0 fully saturated rings. The number of ether oxygens (including phenoxy) is 2. The Morgan fingerprint density at radius 1 is 1.25 bits per heavy atom. The number of nitrogens with one attached hydrogen (secondary N) is 1. The maximum atomic E-state index is 11.8. The minimum atomic E-state index is -1.19. The van der Waals surface area contributed by atoms with Crippen LogP contribution in [-0.2, 0) is 20.7 Å². The van der Waals surface area contributed by atoms with E-state index in [1.807, 2.05) is 0 Å². The predicted octanol–water partition coefficient (Wildman–Crippen LogP) is 2.38. The Hall–Kier alpha value is -2.57. The second kappa shape index (κ2) is 8.33. The number of carbonyl (C=O) groups excluding carboxylic acids is 2. The van der Waals surface area contributed by atoms with Crippen LogP contribution in [0.15, 0.2) is 24.3 Å². The van der Waals surface area contributed by atoms with Gasteiger partial charge in [-0.2, -0.15) is 0 Å². The Morgan fingerprint density at radius 2 is 1.92 bits per heavy atom. The van der Waals surface area contributed by atoms with Crippen molar-refractivity contribution in [3.8, 4) is 0 Å². The Kier molecular flexibility index (Phi) is 6.76. The lowest BCUT2D eigenvalue weighted by atomic mass is 10.0. The third-order valence-electron chi connectivity index (χ3n) is 2.87. The van der Waals surface area contributed by atoms with Gasteiger partial charge in [-0.05, 0) is 45.4 Å². The molecule has 1 unspecified atom stereocenters. The number of carbonyl (C=O) groups is 3. The maximum Gasteiger partial charge on any atom is 0.408 e. The van der Waals surface area contributed by atoms with Crippen molar-refractivity contribution < 1.29 is 29.0 Å². The van der Waals surface area contributed by atoms with E-state index in [2.05, 4.69) is 5.32 Å². The Labute approximate surface area is 141 Å². The molecule has 24 heavy (non-hydrogen) atoms. The van der Waals surface area contributed by atoms with Crippen LogP contribution in [0.25, 0.3) is 0 Å². The molecule has 132 valence electrons. The van der Waals surface area contributed by atoms with Gasteiger partial charge in [0.1, 0.15) is 11.6 Å². The molecule has 1 rings (SSSR count). The second-order valence-electron chi connectivity index (χ2n) is 6.16. The molecule has 7 nitrogen and oxygen atoms in total. The highest BCUT2D eigenvalue weighted by Crippen LogP contribution is 2.11. The van der Waals surface area contributed by atoms with Gasteiger partial charge in [0, 0.05) is 6.42 Å². The summed E-state index contributed by atoms with van der Waals surface area (Å²) in [6.07, 6.45) is -0.793. The fourth-order valence-corrected chi connectivity index (χ4v) is 1.93. The average Bonchev–Trinajstić information content (AvgIpc) is 2.45. The highest BCUT2D eigenvalue weighted by Gasteiger charge is 2.24. The summed E-state index contributed by atoms with van der Waals surface area (Å²) < 4.78 is 9.97. The standard InChI is InChI=1S/C17H23NO6/c1-5-23-15(21)12-8-6-7-11(9-12)10-13(14(19)20)18-16(22)24-17(2,3)4/h6-9,13H,5,10H2,1-4H3,(H,18,22)(H,19,20). The van der Waals surface area contributed by atoms with Crippen LogP contribution >= 0.6 is 0 Å². The predicted molar refractivity (Wildman–Crippen MR) is 86.9 cm³/mol. The van der Waals surface area contributed by atoms with Crippen LogP contribution in [0.4, 0.5) is 4.79 Å². The summed E-state index contributed by atoms with van der Waals surface area (Å²) in [6, 6.07) is 5.27. The van der Waals surface area contributed by atoms with Crippen LogP contribution in [-0.4, -0.2) is 41.4 Å². The van der Waals surface area contributed by atoms with Crippen molar-refractivity contribution in [2.24, 2.45) is 0 Å². The van der Waals surface area contributed by atoms with Gasteiger partial charge in [-0.1, -0.05) is 12.1 Å². The first kappa shape index (κ1) is 19.5. The Bertz CT molecular complexity index is 605. The summed E-state index contributed by atoms with van der Waals surface area (Å²) in [7, 11) is 0. The van der Waals surface area contributed by atoms with E-state index < -0.39 is 29.7 Å². The van der Waals surface area contributed by atoms with E-state index in [1.54, 1.807) is 52.0 Å². The molecule has 1 aromatic carbocycles. The number of hydrogen-bond donors (Lipinski definition) is 2. The summed E-state index contributed by atoms with van der Waals surface area (Å²) in [6.45, 7) is 7.01. The molecule has 0 saturated carbocycles. The zero-order valence-corrected chi connectivity index (χ0v) is 14.3. The van der Waals surface area contributed by atoms with E-state index in [9.17, 15) is 19.5 Å². The molecule has 0 bridgehead atoms. The summed E-state index contributed by atoms with van der Waals surface area (Å²) in [5, 5.41) is 11.6. The number of benzene rings is 1. The Morgan fingerprint density at radius 3 is 2.46 bits per heavy atom. The van der Waals surface area contributed by atoms with Gasteiger partial charge in [0.15, 0.2) is 0 Å². The number of aliphatic carboxylic acids is 1. The molecule has 0 saturated heterocycles. The van der Waals surface area contributed by atoms with Crippen molar-refractivity contribution in [2.75, 3.05) is 6.61 Å². The largest absolute Gasteiger partial charge is 0.480 e. The first-order chi connectivity index (χ1) is 11.1. The highest BCUT2D eigenvalue weighted by molar-refractivity contribution is 5.89. The highest BCUT2D eigenvalue weighted by atomic mass is 16.6. The normalized spacial score (nSPS) is 12.2. The first-order valence-corrected chi connectivity index (χ1v) is 7.60. The van der Waals surface area contributed by atoms with Gasteiger partial charge in [0.05, 0.1) is 12.2 Å².